The molecule has 0 aliphatic rings. The molecule has 0 spiro atoms. The normalized spacial score (nSPS) is 10.4. The van der Waals surface area contributed by atoms with Crippen molar-refractivity contribution in [3.05, 3.63) is 46.5 Å². The molecule has 0 fully saturated rings. The first-order valence-corrected chi connectivity index (χ1v) is 5.84. The number of carbonyl (C=O) groups excluding carboxylic acids is 1. The van der Waals surface area contributed by atoms with Crippen LogP contribution < -0.4 is 5.32 Å². The fourth-order valence-electron chi connectivity index (χ4n) is 1.62. The number of hydrogen-bond acceptors (Lipinski definition) is 3. The van der Waals surface area contributed by atoms with E-state index in [4.69, 9.17) is 11.6 Å². The molecule has 2 aromatic heterocycles. The minimum absolute atomic E-state index is 0.249. The minimum Gasteiger partial charge on any atom is -0.346 e. The molecule has 0 bridgehead atoms. The molecule has 0 saturated carbocycles. The third-order valence-electron chi connectivity index (χ3n) is 2.50. The third-order valence-corrected chi connectivity index (χ3v) is 2.71. The summed E-state index contributed by atoms with van der Waals surface area (Å²) in [5.41, 5.74) is 2.19. The lowest BCUT2D eigenvalue weighted by Gasteiger charge is -2.03. The fourth-order valence-corrected chi connectivity index (χ4v) is 1.79. The molecular weight excluding hydrogens is 252 g/mol. The van der Waals surface area contributed by atoms with E-state index in [0.29, 0.717) is 17.4 Å². The molecule has 0 unspecified atom stereocenters. The lowest BCUT2D eigenvalue weighted by atomic mass is 10.2. The summed E-state index contributed by atoms with van der Waals surface area (Å²) in [4.78, 5) is 15.8. The maximum Gasteiger partial charge on any atom is 0.270 e. The summed E-state index contributed by atoms with van der Waals surface area (Å²) in [7, 11) is 1.84. The van der Waals surface area contributed by atoms with Crippen molar-refractivity contribution in [2.24, 2.45) is 7.05 Å². The number of rotatable bonds is 3. The zero-order chi connectivity index (χ0) is 13.1. The number of pyridine rings is 1. The van der Waals surface area contributed by atoms with Gasteiger partial charge < -0.3 is 5.32 Å². The zero-order valence-corrected chi connectivity index (χ0v) is 10.9. The largest absolute Gasteiger partial charge is 0.346 e. The van der Waals surface area contributed by atoms with Crippen LogP contribution in [-0.4, -0.2) is 20.7 Å². The van der Waals surface area contributed by atoms with Gasteiger partial charge in [0.05, 0.1) is 5.69 Å². The van der Waals surface area contributed by atoms with Crippen LogP contribution in [0.4, 0.5) is 0 Å². The van der Waals surface area contributed by atoms with E-state index in [0.717, 1.165) is 11.3 Å². The fraction of sp³-hybridized carbons (Fsp3) is 0.250. The molecule has 0 aliphatic carbocycles. The van der Waals surface area contributed by atoms with Gasteiger partial charge in [0.2, 0.25) is 0 Å². The van der Waals surface area contributed by atoms with Crippen LogP contribution in [0.15, 0.2) is 24.4 Å². The van der Waals surface area contributed by atoms with Gasteiger partial charge in [0.1, 0.15) is 10.8 Å². The monoisotopic (exact) mass is 264 g/mol. The summed E-state index contributed by atoms with van der Waals surface area (Å²) >= 11 is 5.73. The maximum absolute atomic E-state index is 11.8. The highest BCUT2D eigenvalue weighted by Crippen LogP contribution is 2.07. The van der Waals surface area contributed by atoms with Gasteiger partial charge in [-0.25, -0.2) is 4.98 Å². The van der Waals surface area contributed by atoms with Crippen LogP contribution in [0.5, 0.6) is 0 Å². The molecule has 1 N–H and O–H groups in total. The number of halogens is 1. The zero-order valence-electron chi connectivity index (χ0n) is 10.1. The predicted molar refractivity (Wildman–Crippen MR) is 68.4 cm³/mol. The van der Waals surface area contributed by atoms with Crippen molar-refractivity contribution >= 4 is 17.5 Å². The minimum atomic E-state index is -0.249. The molecule has 0 atom stereocenters. The number of aromatic nitrogens is 3. The van der Waals surface area contributed by atoms with Gasteiger partial charge in [0, 0.05) is 25.4 Å². The summed E-state index contributed by atoms with van der Waals surface area (Å²) < 4.78 is 1.72. The Hall–Kier alpha value is -1.88. The Morgan fingerprint density at radius 1 is 1.50 bits per heavy atom. The Labute approximate surface area is 110 Å². The van der Waals surface area contributed by atoms with Crippen LogP contribution in [-0.2, 0) is 13.6 Å². The van der Waals surface area contributed by atoms with Gasteiger partial charge in [-0.1, -0.05) is 17.7 Å². The first-order valence-electron chi connectivity index (χ1n) is 5.46. The van der Waals surface area contributed by atoms with Crippen LogP contribution in [0, 0.1) is 6.92 Å². The van der Waals surface area contributed by atoms with Gasteiger partial charge in [-0.2, -0.15) is 5.10 Å². The molecule has 2 aromatic rings. The van der Waals surface area contributed by atoms with E-state index in [2.05, 4.69) is 15.4 Å². The van der Waals surface area contributed by atoms with E-state index in [-0.39, 0.29) is 5.91 Å². The molecule has 6 heteroatoms. The Morgan fingerprint density at radius 3 is 2.89 bits per heavy atom. The average molecular weight is 265 g/mol. The molecule has 0 aliphatic heterocycles. The van der Waals surface area contributed by atoms with Crippen molar-refractivity contribution in [3.63, 3.8) is 0 Å². The first kappa shape index (κ1) is 12.6. The molecule has 94 valence electrons. The summed E-state index contributed by atoms with van der Waals surface area (Å²) in [6, 6.07) is 4.94. The van der Waals surface area contributed by atoms with Gasteiger partial charge in [0.15, 0.2) is 0 Å². The third kappa shape index (κ3) is 2.87. The van der Waals surface area contributed by atoms with E-state index in [9.17, 15) is 4.79 Å². The lowest BCUT2D eigenvalue weighted by molar-refractivity contribution is 0.0946. The first-order chi connectivity index (χ1) is 8.56. The van der Waals surface area contributed by atoms with Gasteiger partial charge >= 0.3 is 0 Å². The van der Waals surface area contributed by atoms with Crippen LogP contribution in [0.1, 0.15) is 21.7 Å². The quantitative estimate of drug-likeness (QED) is 0.859. The molecule has 2 heterocycles. The molecule has 5 nitrogen and oxygen atoms in total. The number of nitrogens with zero attached hydrogens (tertiary/aromatic N) is 3. The van der Waals surface area contributed by atoms with Crippen LogP contribution in [0.25, 0.3) is 0 Å². The Kier molecular flexibility index (Phi) is 3.62. The molecule has 1 amide bonds. The molecule has 0 radical (unpaired) electrons. The van der Waals surface area contributed by atoms with E-state index in [1.165, 1.54) is 0 Å². The van der Waals surface area contributed by atoms with Gasteiger partial charge in [-0.05, 0) is 19.1 Å². The van der Waals surface area contributed by atoms with Crippen LogP contribution in [0.2, 0.25) is 5.15 Å². The van der Waals surface area contributed by atoms with Gasteiger partial charge in [-0.15, -0.1) is 0 Å². The predicted octanol–water partition coefficient (Wildman–Crippen LogP) is 1.71. The molecular formula is C12H13ClN4O. The second kappa shape index (κ2) is 5.18. The average Bonchev–Trinajstić information content (AvgIpc) is 2.65. The SMILES string of the molecule is Cc1nn(C)cc1CNC(=O)c1cccc(Cl)n1. The van der Waals surface area contributed by atoms with Crippen molar-refractivity contribution in [2.75, 3.05) is 0 Å². The van der Waals surface area contributed by atoms with Gasteiger partial charge in [-0.3, -0.25) is 9.48 Å². The van der Waals surface area contributed by atoms with Crippen molar-refractivity contribution in [1.82, 2.24) is 20.1 Å². The lowest BCUT2D eigenvalue weighted by Crippen LogP contribution is -2.23. The summed E-state index contributed by atoms with van der Waals surface area (Å²) in [5, 5.41) is 7.29. The van der Waals surface area contributed by atoms with Crippen LogP contribution >= 0.6 is 11.6 Å². The number of carbonyl (C=O) groups is 1. The Balaban J connectivity index is 2.02. The second-order valence-electron chi connectivity index (χ2n) is 3.94. The summed E-state index contributed by atoms with van der Waals surface area (Å²) in [6.45, 7) is 2.33. The molecule has 18 heavy (non-hydrogen) atoms. The highest BCUT2D eigenvalue weighted by Gasteiger charge is 2.09. The number of nitrogens with one attached hydrogen (secondary N) is 1. The van der Waals surface area contributed by atoms with Gasteiger partial charge in [0.25, 0.3) is 5.91 Å². The van der Waals surface area contributed by atoms with Crippen molar-refractivity contribution < 1.29 is 4.79 Å². The van der Waals surface area contributed by atoms with E-state index < -0.39 is 0 Å². The van der Waals surface area contributed by atoms with Crippen molar-refractivity contribution in [2.45, 2.75) is 13.5 Å². The van der Waals surface area contributed by atoms with E-state index in [1.807, 2.05) is 20.2 Å². The topological polar surface area (TPSA) is 59.8 Å². The van der Waals surface area contributed by atoms with Crippen molar-refractivity contribution in [1.29, 1.82) is 0 Å². The number of amides is 1. The van der Waals surface area contributed by atoms with Crippen LogP contribution in [0.3, 0.4) is 0 Å². The molecule has 0 aromatic carbocycles. The summed E-state index contributed by atoms with van der Waals surface area (Å²) in [6.07, 6.45) is 1.88. The standard InChI is InChI=1S/C12H13ClN4O/c1-8-9(7-17(2)16-8)6-14-12(18)10-4-3-5-11(13)15-10/h3-5,7H,6H2,1-2H3,(H,14,18). The highest BCUT2D eigenvalue weighted by atomic mass is 35.5. The number of hydrogen-bond donors (Lipinski definition) is 1. The summed E-state index contributed by atoms with van der Waals surface area (Å²) in [5.74, 6) is -0.249. The van der Waals surface area contributed by atoms with E-state index >= 15 is 0 Å². The Morgan fingerprint density at radius 2 is 2.28 bits per heavy atom. The maximum atomic E-state index is 11.8. The Bertz CT molecular complexity index is 579. The van der Waals surface area contributed by atoms with Crippen molar-refractivity contribution in [3.8, 4) is 0 Å². The molecule has 0 saturated heterocycles. The highest BCUT2D eigenvalue weighted by molar-refractivity contribution is 6.29. The molecule has 2 rings (SSSR count). The number of aryl methyl sites for hydroxylation is 2. The van der Waals surface area contributed by atoms with E-state index in [1.54, 1.807) is 22.9 Å². The second-order valence-corrected chi connectivity index (χ2v) is 4.33. The smallest absolute Gasteiger partial charge is 0.270 e.